The van der Waals surface area contributed by atoms with E-state index in [1.54, 1.807) is 0 Å². The molecule has 2 aliphatic heterocycles. The first kappa shape index (κ1) is 8.92. The number of hydrogen-bond donors (Lipinski definition) is 1. The van der Waals surface area contributed by atoms with Crippen LogP contribution >= 0.6 is 0 Å². The van der Waals surface area contributed by atoms with Gasteiger partial charge in [0.05, 0.1) is 12.1 Å². The van der Waals surface area contributed by atoms with Crippen LogP contribution in [0.1, 0.15) is 0 Å². The Kier molecular flexibility index (Phi) is 2.18. The molecule has 3 aliphatic rings. The maximum Gasteiger partial charge on any atom is 0.0770 e. The summed E-state index contributed by atoms with van der Waals surface area (Å²) in [7, 11) is 0. The van der Waals surface area contributed by atoms with Gasteiger partial charge in [-0.2, -0.15) is 0 Å². The predicted octanol–water partition coefficient (Wildman–Crippen LogP) is 0.927. The van der Waals surface area contributed by atoms with Gasteiger partial charge in [-0.1, -0.05) is 24.3 Å². The zero-order chi connectivity index (χ0) is 10.1. The fourth-order valence-corrected chi connectivity index (χ4v) is 2.48. The van der Waals surface area contributed by atoms with Gasteiger partial charge in [-0.05, 0) is 0 Å². The molecule has 0 aromatic rings. The van der Waals surface area contributed by atoms with E-state index >= 15 is 0 Å². The van der Waals surface area contributed by atoms with Crippen LogP contribution in [0, 0.1) is 5.92 Å². The first-order valence-corrected chi connectivity index (χ1v) is 5.48. The number of nitrogens with one attached hydrogen (secondary N) is 1. The molecule has 3 atom stereocenters. The van der Waals surface area contributed by atoms with Crippen LogP contribution in [0.5, 0.6) is 0 Å². The number of rotatable bonds is 0. The second kappa shape index (κ2) is 3.66. The summed E-state index contributed by atoms with van der Waals surface area (Å²) in [4.78, 5) is 6.61. The predicted molar refractivity (Wildman–Crippen MR) is 61.7 cm³/mol. The lowest BCUT2D eigenvalue weighted by Crippen LogP contribution is -2.44. The van der Waals surface area contributed by atoms with Crippen molar-refractivity contribution < 1.29 is 0 Å². The van der Waals surface area contributed by atoms with Crippen LogP contribution in [0.25, 0.3) is 0 Å². The third-order valence-electron chi connectivity index (χ3n) is 3.26. The third-order valence-corrected chi connectivity index (χ3v) is 3.26. The molecule has 1 saturated heterocycles. The monoisotopic (exact) mass is 201 g/mol. The van der Waals surface area contributed by atoms with Gasteiger partial charge in [0.1, 0.15) is 0 Å². The minimum atomic E-state index is 0.404. The highest BCUT2D eigenvalue weighted by Crippen LogP contribution is 2.23. The van der Waals surface area contributed by atoms with Gasteiger partial charge in [0, 0.05) is 37.6 Å². The molecule has 1 fully saturated rings. The van der Waals surface area contributed by atoms with E-state index in [0.29, 0.717) is 18.0 Å². The Labute approximate surface area is 89.9 Å². The maximum absolute atomic E-state index is 4.21. The quantitative estimate of drug-likeness (QED) is 0.631. The largest absolute Gasteiger partial charge is 0.360 e. The summed E-state index contributed by atoms with van der Waals surface area (Å²) < 4.78 is 0. The van der Waals surface area contributed by atoms with Crippen molar-refractivity contribution in [2.75, 3.05) is 13.1 Å². The van der Waals surface area contributed by atoms with E-state index in [-0.39, 0.29) is 0 Å². The molecule has 2 heterocycles. The molecule has 1 N–H and O–H groups in total. The molecule has 0 aromatic carbocycles. The van der Waals surface area contributed by atoms with E-state index in [1.807, 2.05) is 12.4 Å². The summed E-state index contributed by atoms with van der Waals surface area (Å²) in [6.45, 7) is 2.04. The first-order valence-electron chi connectivity index (χ1n) is 5.48. The second-order valence-corrected chi connectivity index (χ2v) is 4.19. The molecule has 0 amide bonds. The van der Waals surface area contributed by atoms with Crippen LogP contribution in [0.3, 0.4) is 0 Å². The van der Waals surface area contributed by atoms with Crippen molar-refractivity contribution in [2.24, 2.45) is 10.9 Å². The van der Waals surface area contributed by atoms with Gasteiger partial charge >= 0.3 is 0 Å². The van der Waals surface area contributed by atoms with Crippen molar-refractivity contribution in [1.82, 2.24) is 10.2 Å². The average molecular weight is 201 g/mol. The van der Waals surface area contributed by atoms with Crippen LogP contribution in [0.4, 0.5) is 0 Å². The number of fused-ring (bicyclic) bond motifs is 3. The summed E-state index contributed by atoms with van der Waals surface area (Å²) in [6.07, 6.45) is 14.9. The third kappa shape index (κ3) is 1.53. The number of allylic oxidation sites excluding steroid dienone is 2. The van der Waals surface area contributed by atoms with E-state index in [0.717, 1.165) is 13.1 Å². The van der Waals surface area contributed by atoms with E-state index in [1.165, 1.54) is 0 Å². The van der Waals surface area contributed by atoms with Gasteiger partial charge in [-0.3, -0.25) is 4.99 Å². The van der Waals surface area contributed by atoms with E-state index in [9.17, 15) is 0 Å². The molecule has 3 heteroatoms. The fraction of sp³-hybridized carbons (Fsp3) is 0.417. The minimum absolute atomic E-state index is 0.404. The zero-order valence-corrected chi connectivity index (χ0v) is 8.58. The Morgan fingerprint density at radius 2 is 2.13 bits per heavy atom. The van der Waals surface area contributed by atoms with E-state index < -0.39 is 0 Å². The Balaban J connectivity index is 1.92. The van der Waals surface area contributed by atoms with Crippen LogP contribution in [-0.2, 0) is 0 Å². The summed E-state index contributed by atoms with van der Waals surface area (Å²) in [5, 5.41) is 3.49. The molecule has 0 saturated carbocycles. The van der Waals surface area contributed by atoms with Gasteiger partial charge in [0.2, 0.25) is 0 Å². The minimum Gasteiger partial charge on any atom is -0.360 e. The van der Waals surface area contributed by atoms with Gasteiger partial charge in [-0.15, -0.1) is 0 Å². The van der Waals surface area contributed by atoms with Crippen LogP contribution in [0.15, 0.2) is 41.7 Å². The topological polar surface area (TPSA) is 27.6 Å². The normalized spacial score (nSPS) is 37.3. The molecular weight excluding hydrogens is 186 g/mol. The number of nitrogens with zero attached hydrogens (tertiary/aromatic N) is 2. The summed E-state index contributed by atoms with van der Waals surface area (Å²) in [5.74, 6) is 0.580. The van der Waals surface area contributed by atoms with E-state index in [4.69, 9.17) is 0 Å². The number of hydrogen-bond acceptors (Lipinski definition) is 3. The van der Waals surface area contributed by atoms with Gasteiger partial charge < -0.3 is 10.2 Å². The molecule has 3 rings (SSSR count). The molecule has 0 spiro atoms. The lowest BCUT2D eigenvalue weighted by Gasteiger charge is -2.36. The van der Waals surface area contributed by atoms with Gasteiger partial charge in [-0.25, -0.2) is 0 Å². The standard InChI is InChI=1S/C12H15N3/c1-2-4-12-10(3-1)7-14-9-11-8-13-5-6-15(11)12/h1-6,8,10-12,14H,7,9H2. The SMILES string of the molecule is C1=CC2CNCC3C=NC=CN3C2C=C1. The van der Waals surface area contributed by atoms with Crippen molar-refractivity contribution in [3.8, 4) is 0 Å². The molecule has 0 aromatic heterocycles. The molecule has 0 bridgehead atoms. The molecule has 3 nitrogen and oxygen atoms in total. The Morgan fingerprint density at radius 1 is 1.20 bits per heavy atom. The van der Waals surface area contributed by atoms with Gasteiger partial charge in [0.25, 0.3) is 0 Å². The Hall–Kier alpha value is -1.35. The number of aliphatic imine (C=N–C) groups is 1. The smallest absolute Gasteiger partial charge is 0.0770 e. The lowest BCUT2D eigenvalue weighted by atomic mass is 9.94. The highest BCUT2D eigenvalue weighted by Gasteiger charge is 2.31. The molecule has 0 radical (unpaired) electrons. The Bertz CT molecular complexity index is 320. The Morgan fingerprint density at radius 3 is 3.13 bits per heavy atom. The highest BCUT2D eigenvalue weighted by molar-refractivity contribution is 5.67. The summed E-state index contributed by atoms with van der Waals surface area (Å²) >= 11 is 0. The molecule has 1 aliphatic carbocycles. The molecular formula is C12H15N3. The van der Waals surface area contributed by atoms with Crippen molar-refractivity contribution in [2.45, 2.75) is 12.1 Å². The molecule has 3 unspecified atom stereocenters. The maximum atomic E-state index is 4.21. The van der Waals surface area contributed by atoms with E-state index in [2.05, 4.69) is 45.7 Å². The van der Waals surface area contributed by atoms with Crippen LogP contribution in [-0.4, -0.2) is 36.3 Å². The molecule has 78 valence electrons. The fourth-order valence-electron chi connectivity index (χ4n) is 2.48. The lowest BCUT2D eigenvalue weighted by molar-refractivity contribution is 0.267. The zero-order valence-electron chi connectivity index (χ0n) is 8.58. The van der Waals surface area contributed by atoms with Crippen LogP contribution in [0.2, 0.25) is 0 Å². The van der Waals surface area contributed by atoms with Crippen molar-refractivity contribution >= 4 is 6.21 Å². The van der Waals surface area contributed by atoms with Crippen LogP contribution < -0.4 is 5.32 Å². The van der Waals surface area contributed by atoms with Crippen molar-refractivity contribution in [1.29, 1.82) is 0 Å². The summed E-state index contributed by atoms with van der Waals surface area (Å²) in [5.41, 5.74) is 0. The second-order valence-electron chi connectivity index (χ2n) is 4.19. The van der Waals surface area contributed by atoms with Crippen molar-refractivity contribution in [3.63, 3.8) is 0 Å². The van der Waals surface area contributed by atoms with Crippen molar-refractivity contribution in [3.05, 3.63) is 36.7 Å². The van der Waals surface area contributed by atoms with Gasteiger partial charge in [0.15, 0.2) is 0 Å². The first-order chi connectivity index (χ1) is 7.45. The highest BCUT2D eigenvalue weighted by atomic mass is 15.2. The summed E-state index contributed by atoms with van der Waals surface area (Å²) in [6, 6.07) is 0.888. The molecule has 15 heavy (non-hydrogen) atoms. The average Bonchev–Trinajstić information content (AvgIpc) is 2.48.